The van der Waals surface area contributed by atoms with Gasteiger partial charge in [0.25, 0.3) is 0 Å². The minimum atomic E-state index is -4.66. The Hall–Kier alpha value is -3.51. The van der Waals surface area contributed by atoms with Crippen molar-refractivity contribution >= 4 is 12.0 Å². The molecule has 2 amide bonds. The molecule has 0 unspecified atom stereocenters. The Morgan fingerprint density at radius 1 is 1.03 bits per heavy atom. The first-order valence-electron chi connectivity index (χ1n) is 11.2. The maximum atomic E-state index is 13.4. The van der Waals surface area contributed by atoms with E-state index in [1.165, 1.54) is 30.3 Å². The standard InChI is InChI=1S/C24H27F6N3O4/c1-15(2)13-36-22(35)33-20(11-16-5-3-4-6-19(16)24(28,29)30)21(34)31-10-9-17-7-8-18(12-32-17)37-14-23(25,26)27/h3-8,12,15,20H,9-11,13-14H2,1-2H3,(H,31,34)(H,33,35)/t20-/m1/s1. The molecule has 37 heavy (non-hydrogen) atoms. The molecule has 0 radical (unpaired) electrons. The molecule has 1 aromatic heterocycles. The molecule has 0 bridgehead atoms. The number of rotatable bonds is 11. The van der Waals surface area contributed by atoms with Gasteiger partial charge in [-0.05, 0) is 29.7 Å². The fourth-order valence-corrected chi connectivity index (χ4v) is 3.08. The number of hydrogen-bond acceptors (Lipinski definition) is 5. The number of nitrogens with zero attached hydrogens (tertiary/aromatic N) is 1. The highest BCUT2D eigenvalue weighted by atomic mass is 19.4. The monoisotopic (exact) mass is 535 g/mol. The summed E-state index contributed by atoms with van der Waals surface area (Å²) in [5.74, 6) is -0.831. The second-order valence-electron chi connectivity index (χ2n) is 8.48. The summed E-state index contributed by atoms with van der Waals surface area (Å²) in [5.41, 5.74) is -0.694. The minimum Gasteiger partial charge on any atom is -0.483 e. The lowest BCUT2D eigenvalue weighted by Crippen LogP contribution is -2.49. The largest absolute Gasteiger partial charge is 0.483 e. The highest BCUT2D eigenvalue weighted by molar-refractivity contribution is 5.86. The Morgan fingerprint density at radius 3 is 2.32 bits per heavy atom. The molecule has 7 nitrogen and oxygen atoms in total. The number of hydrogen-bond donors (Lipinski definition) is 2. The number of aromatic nitrogens is 1. The van der Waals surface area contributed by atoms with Gasteiger partial charge in [-0.15, -0.1) is 0 Å². The van der Waals surface area contributed by atoms with Gasteiger partial charge in [0.2, 0.25) is 5.91 Å². The maximum absolute atomic E-state index is 13.4. The van der Waals surface area contributed by atoms with Gasteiger partial charge in [-0.25, -0.2) is 4.79 Å². The first-order chi connectivity index (χ1) is 17.2. The molecule has 0 fully saturated rings. The summed E-state index contributed by atoms with van der Waals surface area (Å²) in [6.45, 7) is 2.16. The number of ether oxygens (including phenoxy) is 2. The van der Waals surface area contributed by atoms with Gasteiger partial charge >= 0.3 is 18.4 Å². The predicted molar refractivity (Wildman–Crippen MR) is 121 cm³/mol. The van der Waals surface area contributed by atoms with Crippen LogP contribution in [0.5, 0.6) is 5.75 Å². The fraction of sp³-hybridized carbons (Fsp3) is 0.458. The van der Waals surface area contributed by atoms with Crippen molar-refractivity contribution in [1.82, 2.24) is 15.6 Å². The number of carbonyl (C=O) groups is 2. The summed E-state index contributed by atoms with van der Waals surface area (Å²) in [7, 11) is 0. The van der Waals surface area contributed by atoms with Gasteiger partial charge in [-0.3, -0.25) is 9.78 Å². The highest BCUT2D eigenvalue weighted by Crippen LogP contribution is 2.32. The lowest BCUT2D eigenvalue weighted by atomic mass is 9.99. The lowest BCUT2D eigenvalue weighted by Gasteiger charge is -2.21. The van der Waals surface area contributed by atoms with Gasteiger partial charge in [-0.2, -0.15) is 26.3 Å². The Morgan fingerprint density at radius 2 is 1.73 bits per heavy atom. The number of halogens is 6. The molecule has 204 valence electrons. The van der Waals surface area contributed by atoms with Crippen molar-refractivity contribution < 1.29 is 45.4 Å². The van der Waals surface area contributed by atoms with Gasteiger partial charge in [-0.1, -0.05) is 32.0 Å². The summed E-state index contributed by atoms with van der Waals surface area (Å²) < 4.78 is 86.5. The molecule has 2 rings (SSSR count). The maximum Gasteiger partial charge on any atom is 0.422 e. The van der Waals surface area contributed by atoms with Crippen LogP contribution in [0, 0.1) is 5.92 Å². The van der Waals surface area contributed by atoms with Crippen molar-refractivity contribution in [3.63, 3.8) is 0 Å². The summed E-state index contributed by atoms with van der Waals surface area (Å²) in [6, 6.07) is 6.05. The molecule has 1 atom stereocenters. The third-order valence-corrected chi connectivity index (χ3v) is 4.78. The van der Waals surface area contributed by atoms with E-state index in [2.05, 4.69) is 20.4 Å². The quantitative estimate of drug-likeness (QED) is 0.408. The van der Waals surface area contributed by atoms with Crippen LogP contribution < -0.4 is 15.4 Å². The van der Waals surface area contributed by atoms with Crippen LogP contribution in [0.3, 0.4) is 0 Å². The zero-order valence-electron chi connectivity index (χ0n) is 20.1. The second kappa shape index (κ2) is 13.2. The number of nitrogens with one attached hydrogen (secondary N) is 2. The Labute approximate surface area is 209 Å². The number of benzene rings is 1. The van der Waals surface area contributed by atoms with Crippen molar-refractivity contribution in [3.8, 4) is 5.75 Å². The normalized spacial score (nSPS) is 12.7. The number of pyridine rings is 1. The molecular formula is C24H27F6N3O4. The molecule has 0 saturated heterocycles. The summed E-state index contributed by atoms with van der Waals surface area (Å²) in [4.78, 5) is 28.9. The Bertz CT molecular complexity index is 1030. The number of amides is 2. The summed E-state index contributed by atoms with van der Waals surface area (Å²) in [5, 5.41) is 4.85. The van der Waals surface area contributed by atoms with E-state index in [9.17, 15) is 35.9 Å². The van der Waals surface area contributed by atoms with Crippen LogP contribution in [0.25, 0.3) is 0 Å². The smallest absolute Gasteiger partial charge is 0.422 e. The van der Waals surface area contributed by atoms with Crippen molar-refractivity contribution in [3.05, 3.63) is 59.4 Å². The molecule has 0 aliphatic carbocycles. The van der Waals surface area contributed by atoms with Crippen LogP contribution in [0.2, 0.25) is 0 Å². The topological polar surface area (TPSA) is 89.5 Å². The van der Waals surface area contributed by atoms with Crippen LogP contribution in [0.15, 0.2) is 42.6 Å². The first kappa shape index (κ1) is 29.7. The van der Waals surface area contributed by atoms with E-state index >= 15 is 0 Å². The van der Waals surface area contributed by atoms with E-state index in [1.54, 1.807) is 13.8 Å². The Balaban J connectivity index is 2.03. The average Bonchev–Trinajstić information content (AvgIpc) is 2.81. The van der Waals surface area contributed by atoms with E-state index in [1.807, 2.05) is 0 Å². The average molecular weight is 535 g/mol. The van der Waals surface area contributed by atoms with Crippen molar-refractivity contribution in [2.24, 2.45) is 5.92 Å². The first-order valence-corrected chi connectivity index (χ1v) is 11.2. The van der Waals surface area contributed by atoms with Gasteiger partial charge in [0.15, 0.2) is 6.61 Å². The van der Waals surface area contributed by atoms with Gasteiger partial charge in [0, 0.05) is 25.1 Å². The molecular weight excluding hydrogens is 508 g/mol. The zero-order valence-corrected chi connectivity index (χ0v) is 20.1. The van der Waals surface area contributed by atoms with Crippen LogP contribution in [-0.4, -0.2) is 49.0 Å². The van der Waals surface area contributed by atoms with Crippen LogP contribution in [0.4, 0.5) is 31.1 Å². The zero-order chi connectivity index (χ0) is 27.6. The van der Waals surface area contributed by atoms with Crippen LogP contribution in [-0.2, 0) is 28.5 Å². The molecule has 0 saturated carbocycles. The SMILES string of the molecule is CC(C)COC(=O)N[C@H](Cc1ccccc1C(F)(F)F)C(=O)NCCc1ccc(OCC(F)(F)F)cn1. The molecule has 1 aromatic carbocycles. The van der Waals surface area contributed by atoms with Crippen molar-refractivity contribution in [1.29, 1.82) is 0 Å². The summed E-state index contributed by atoms with van der Waals surface area (Å²) in [6.07, 6.45) is -9.27. The Kier molecular flexibility index (Phi) is 10.6. The van der Waals surface area contributed by atoms with E-state index < -0.39 is 49.0 Å². The molecule has 1 heterocycles. The molecule has 0 aliphatic rings. The van der Waals surface area contributed by atoms with Crippen molar-refractivity contribution in [2.45, 2.75) is 45.1 Å². The molecule has 2 N–H and O–H groups in total. The fourth-order valence-electron chi connectivity index (χ4n) is 3.08. The molecule has 13 heteroatoms. The van der Waals surface area contributed by atoms with E-state index in [0.717, 1.165) is 12.3 Å². The van der Waals surface area contributed by atoms with Gasteiger partial charge in [0.1, 0.15) is 11.8 Å². The molecule has 0 spiro atoms. The number of alkyl halides is 6. The molecule has 2 aromatic rings. The number of carbonyl (C=O) groups excluding carboxylic acids is 2. The van der Waals surface area contributed by atoms with Crippen LogP contribution >= 0.6 is 0 Å². The van der Waals surface area contributed by atoms with E-state index in [0.29, 0.717) is 5.69 Å². The van der Waals surface area contributed by atoms with E-state index in [4.69, 9.17) is 4.74 Å². The van der Waals surface area contributed by atoms with Gasteiger partial charge in [0.05, 0.1) is 18.4 Å². The van der Waals surface area contributed by atoms with E-state index in [-0.39, 0.29) is 36.8 Å². The highest BCUT2D eigenvalue weighted by Gasteiger charge is 2.34. The summed E-state index contributed by atoms with van der Waals surface area (Å²) >= 11 is 0. The third kappa shape index (κ3) is 11.0. The number of alkyl carbamates (subject to hydrolysis) is 1. The second-order valence-corrected chi connectivity index (χ2v) is 8.48. The predicted octanol–water partition coefficient (Wildman–Crippen LogP) is 4.69. The molecule has 0 aliphatic heterocycles. The van der Waals surface area contributed by atoms with Crippen molar-refractivity contribution in [2.75, 3.05) is 19.8 Å². The lowest BCUT2D eigenvalue weighted by molar-refractivity contribution is -0.153. The third-order valence-electron chi connectivity index (χ3n) is 4.78. The minimum absolute atomic E-state index is 0.00160. The van der Waals surface area contributed by atoms with Gasteiger partial charge < -0.3 is 20.1 Å². The van der Waals surface area contributed by atoms with Crippen LogP contribution in [0.1, 0.15) is 30.7 Å².